The van der Waals surface area contributed by atoms with E-state index in [9.17, 15) is 14.7 Å². The predicted molar refractivity (Wildman–Crippen MR) is 93.2 cm³/mol. The minimum Gasteiger partial charge on any atom is -0.427 e. The standard InChI is InChI=1S/C21H26O4/c1-12(22)25-13-6-7-14-15-8-9-21(2)18(4-3-5-20(21)24)16(15)11-19(23)17(14)10-13/h6-7,10,15-16,18-19,23H,3-5,8-9,11H2,1-2H3/t15?,16-,18?,19?,21-/m0/s1. The molecule has 3 aliphatic carbocycles. The van der Waals surface area contributed by atoms with Gasteiger partial charge in [-0.1, -0.05) is 13.0 Å². The summed E-state index contributed by atoms with van der Waals surface area (Å²) in [7, 11) is 0. The molecule has 3 unspecified atom stereocenters. The van der Waals surface area contributed by atoms with Crippen molar-refractivity contribution in [2.24, 2.45) is 17.3 Å². The molecule has 2 saturated carbocycles. The number of ether oxygens (including phenoxy) is 1. The Balaban J connectivity index is 1.69. The van der Waals surface area contributed by atoms with Gasteiger partial charge in [-0.15, -0.1) is 0 Å². The molecule has 3 aliphatic rings. The summed E-state index contributed by atoms with van der Waals surface area (Å²) >= 11 is 0. The average molecular weight is 342 g/mol. The summed E-state index contributed by atoms with van der Waals surface area (Å²) in [5, 5.41) is 10.8. The Kier molecular flexibility index (Phi) is 3.99. The molecular weight excluding hydrogens is 316 g/mol. The molecule has 0 radical (unpaired) electrons. The summed E-state index contributed by atoms with van der Waals surface area (Å²) in [6, 6.07) is 5.66. The zero-order valence-electron chi connectivity index (χ0n) is 15.0. The number of carbonyl (C=O) groups is 2. The van der Waals surface area contributed by atoms with Crippen molar-refractivity contribution in [1.82, 2.24) is 0 Å². The molecule has 134 valence electrons. The van der Waals surface area contributed by atoms with Crippen LogP contribution < -0.4 is 4.74 Å². The quantitative estimate of drug-likeness (QED) is 0.621. The minimum absolute atomic E-state index is 0.200. The Morgan fingerprint density at radius 3 is 2.84 bits per heavy atom. The number of hydrogen-bond donors (Lipinski definition) is 1. The molecule has 0 heterocycles. The van der Waals surface area contributed by atoms with Gasteiger partial charge in [0.15, 0.2) is 0 Å². The normalized spacial score (nSPS) is 36.8. The van der Waals surface area contributed by atoms with Crippen LogP contribution in [0.15, 0.2) is 18.2 Å². The average Bonchev–Trinajstić information content (AvgIpc) is 2.56. The van der Waals surface area contributed by atoms with E-state index in [0.29, 0.717) is 35.7 Å². The van der Waals surface area contributed by atoms with Gasteiger partial charge in [-0.2, -0.15) is 0 Å². The number of aliphatic hydroxyl groups excluding tert-OH is 1. The highest BCUT2D eigenvalue weighted by atomic mass is 16.5. The van der Waals surface area contributed by atoms with Crippen LogP contribution >= 0.6 is 0 Å². The fraction of sp³-hybridized carbons (Fsp3) is 0.619. The van der Waals surface area contributed by atoms with E-state index in [1.807, 2.05) is 18.2 Å². The molecule has 5 atom stereocenters. The lowest BCUT2D eigenvalue weighted by molar-refractivity contribution is -0.141. The Labute approximate surface area is 148 Å². The first-order valence-electron chi connectivity index (χ1n) is 9.44. The third kappa shape index (κ3) is 2.62. The molecule has 4 heteroatoms. The fourth-order valence-electron chi connectivity index (χ4n) is 5.76. The van der Waals surface area contributed by atoms with Gasteiger partial charge in [-0.25, -0.2) is 0 Å². The van der Waals surface area contributed by atoms with E-state index in [4.69, 9.17) is 4.74 Å². The second kappa shape index (κ2) is 5.94. The molecule has 0 spiro atoms. The van der Waals surface area contributed by atoms with Crippen molar-refractivity contribution in [2.45, 2.75) is 64.4 Å². The van der Waals surface area contributed by atoms with E-state index in [2.05, 4.69) is 6.92 Å². The summed E-state index contributed by atoms with van der Waals surface area (Å²) in [6.45, 7) is 3.54. The maximum Gasteiger partial charge on any atom is 0.308 e. The number of benzene rings is 1. The smallest absolute Gasteiger partial charge is 0.308 e. The monoisotopic (exact) mass is 342 g/mol. The number of ketones is 1. The van der Waals surface area contributed by atoms with E-state index in [1.165, 1.54) is 12.5 Å². The molecule has 1 N–H and O–H groups in total. The first-order valence-corrected chi connectivity index (χ1v) is 9.44. The summed E-state index contributed by atoms with van der Waals surface area (Å²) in [5.74, 6) is 1.71. The topological polar surface area (TPSA) is 63.6 Å². The number of carbonyl (C=O) groups excluding carboxylic acids is 2. The predicted octanol–water partition coefficient (Wildman–Crippen LogP) is 3.92. The van der Waals surface area contributed by atoms with Crippen LogP contribution in [0.3, 0.4) is 0 Å². The van der Waals surface area contributed by atoms with Crippen LogP contribution in [-0.4, -0.2) is 16.9 Å². The number of rotatable bonds is 1. The molecule has 1 aromatic rings. The maximum absolute atomic E-state index is 12.6. The van der Waals surface area contributed by atoms with Gasteiger partial charge >= 0.3 is 5.97 Å². The van der Waals surface area contributed by atoms with Crippen LogP contribution in [0, 0.1) is 17.3 Å². The first kappa shape index (κ1) is 16.8. The van der Waals surface area contributed by atoms with Gasteiger partial charge in [0.2, 0.25) is 0 Å². The lowest BCUT2D eigenvalue weighted by Gasteiger charge is -2.53. The molecule has 0 bridgehead atoms. The Morgan fingerprint density at radius 2 is 2.08 bits per heavy atom. The van der Waals surface area contributed by atoms with Crippen LogP contribution in [0.2, 0.25) is 0 Å². The zero-order valence-corrected chi connectivity index (χ0v) is 15.0. The van der Waals surface area contributed by atoms with Crippen LogP contribution in [0.1, 0.15) is 75.5 Å². The van der Waals surface area contributed by atoms with Crippen LogP contribution in [-0.2, 0) is 9.59 Å². The van der Waals surface area contributed by atoms with Gasteiger partial charge in [0, 0.05) is 18.8 Å². The van der Waals surface area contributed by atoms with Crippen molar-refractivity contribution < 1.29 is 19.4 Å². The molecule has 4 nitrogen and oxygen atoms in total. The zero-order chi connectivity index (χ0) is 17.8. The van der Waals surface area contributed by atoms with Gasteiger partial charge in [-0.05, 0) is 73.1 Å². The molecule has 0 amide bonds. The molecule has 1 aromatic carbocycles. The third-order valence-electron chi connectivity index (χ3n) is 6.96. The van der Waals surface area contributed by atoms with Crippen molar-refractivity contribution in [1.29, 1.82) is 0 Å². The Bertz CT molecular complexity index is 725. The second-order valence-corrected chi connectivity index (χ2v) is 8.28. The highest BCUT2D eigenvalue weighted by Crippen LogP contribution is 2.60. The SMILES string of the molecule is CC(=O)Oc1ccc2c(c1)C(O)C[C@H]1C2CC[C@]2(C)C(=O)CCCC12. The molecule has 2 fully saturated rings. The Hall–Kier alpha value is -1.68. The lowest BCUT2D eigenvalue weighted by atomic mass is 9.50. The number of Topliss-reactive ketones (excluding diaryl/α,β-unsaturated/α-hetero) is 1. The minimum atomic E-state index is -0.550. The number of esters is 1. The van der Waals surface area contributed by atoms with E-state index in [0.717, 1.165) is 37.7 Å². The maximum atomic E-state index is 12.6. The van der Waals surface area contributed by atoms with E-state index >= 15 is 0 Å². The first-order chi connectivity index (χ1) is 11.9. The fourth-order valence-corrected chi connectivity index (χ4v) is 5.76. The molecule has 0 saturated heterocycles. The van der Waals surface area contributed by atoms with E-state index < -0.39 is 6.10 Å². The molecule has 0 aromatic heterocycles. The molecular formula is C21H26O4. The van der Waals surface area contributed by atoms with Gasteiger partial charge in [0.1, 0.15) is 11.5 Å². The largest absolute Gasteiger partial charge is 0.427 e. The number of aliphatic hydroxyl groups is 1. The highest BCUT2D eigenvalue weighted by Gasteiger charge is 2.53. The summed E-state index contributed by atoms with van der Waals surface area (Å²) in [4.78, 5) is 23.8. The van der Waals surface area contributed by atoms with Gasteiger partial charge in [-0.3, -0.25) is 9.59 Å². The second-order valence-electron chi connectivity index (χ2n) is 8.28. The molecule has 25 heavy (non-hydrogen) atoms. The van der Waals surface area contributed by atoms with Crippen molar-refractivity contribution in [3.05, 3.63) is 29.3 Å². The molecule has 0 aliphatic heterocycles. The van der Waals surface area contributed by atoms with Crippen molar-refractivity contribution >= 4 is 11.8 Å². The molecule has 4 rings (SSSR count). The van der Waals surface area contributed by atoms with Gasteiger partial charge < -0.3 is 9.84 Å². The summed E-state index contributed by atoms with van der Waals surface area (Å²) in [5.41, 5.74) is 1.87. The van der Waals surface area contributed by atoms with Crippen molar-refractivity contribution in [2.75, 3.05) is 0 Å². The van der Waals surface area contributed by atoms with E-state index in [1.54, 1.807) is 0 Å². The van der Waals surface area contributed by atoms with Crippen molar-refractivity contribution in [3.8, 4) is 5.75 Å². The van der Waals surface area contributed by atoms with Crippen LogP contribution in [0.4, 0.5) is 0 Å². The third-order valence-corrected chi connectivity index (χ3v) is 6.96. The summed E-state index contributed by atoms with van der Waals surface area (Å²) in [6.07, 6.45) is 4.89. The lowest BCUT2D eigenvalue weighted by Crippen LogP contribution is -2.49. The van der Waals surface area contributed by atoms with Gasteiger partial charge in [0.25, 0.3) is 0 Å². The summed E-state index contributed by atoms with van der Waals surface area (Å²) < 4.78 is 5.19. The van der Waals surface area contributed by atoms with Gasteiger partial charge in [0.05, 0.1) is 6.10 Å². The Morgan fingerprint density at radius 1 is 1.28 bits per heavy atom. The van der Waals surface area contributed by atoms with E-state index in [-0.39, 0.29) is 11.4 Å². The van der Waals surface area contributed by atoms with Crippen LogP contribution in [0.5, 0.6) is 5.75 Å². The number of fused-ring (bicyclic) bond motifs is 5. The highest BCUT2D eigenvalue weighted by molar-refractivity contribution is 5.85. The van der Waals surface area contributed by atoms with Crippen molar-refractivity contribution in [3.63, 3.8) is 0 Å². The number of hydrogen-bond acceptors (Lipinski definition) is 4. The van der Waals surface area contributed by atoms with Crippen LogP contribution in [0.25, 0.3) is 0 Å².